The summed E-state index contributed by atoms with van der Waals surface area (Å²) in [6.07, 6.45) is 2.55. The summed E-state index contributed by atoms with van der Waals surface area (Å²) in [5, 5.41) is 0.607. The van der Waals surface area contributed by atoms with Crippen molar-refractivity contribution in [2.24, 2.45) is 0 Å². The SMILES string of the molecule is CCOCCCn1c(=S)[nH]c2cc(Cl)cnc21. The number of nitrogens with one attached hydrogen (secondary N) is 1. The van der Waals surface area contributed by atoms with Crippen molar-refractivity contribution in [2.45, 2.75) is 19.9 Å². The number of imidazole rings is 1. The van der Waals surface area contributed by atoms with E-state index >= 15 is 0 Å². The fraction of sp³-hybridized carbons (Fsp3) is 0.455. The van der Waals surface area contributed by atoms with E-state index in [1.54, 1.807) is 6.20 Å². The molecular formula is C11H14ClN3OS. The van der Waals surface area contributed by atoms with Gasteiger partial charge in [0.25, 0.3) is 0 Å². The zero-order chi connectivity index (χ0) is 12.3. The Bertz CT molecular complexity index is 563. The van der Waals surface area contributed by atoms with E-state index in [2.05, 4.69) is 9.97 Å². The second-order valence-corrected chi connectivity index (χ2v) is 4.48. The van der Waals surface area contributed by atoms with Crippen LogP contribution in [-0.4, -0.2) is 27.7 Å². The molecule has 0 aliphatic heterocycles. The van der Waals surface area contributed by atoms with Gasteiger partial charge in [-0.25, -0.2) is 4.98 Å². The molecule has 17 heavy (non-hydrogen) atoms. The highest BCUT2D eigenvalue weighted by Crippen LogP contribution is 2.16. The maximum absolute atomic E-state index is 5.88. The summed E-state index contributed by atoms with van der Waals surface area (Å²) in [5.41, 5.74) is 1.72. The van der Waals surface area contributed by atoms with E-state index < -0.39 is 0 Å². The average molecular weight is 272 g/mol. The predicted octanol–water partition coefficient (Wildman–Crippen LogP) is 3.17. The van der Waals surface area contributed by atoms with Crippen LogP contribution in [0.3, 0.4) is 0 Å². The molecule has 0 atom stereocenters. The molecular weight excluding hydrogens is 258 g/mol. The smallest absolute Gasteiger partial charge is 0.179 e. The maximum Gasteiger partial charge on any atom is 0.179 e. The van der Waals surface area contributed by atoms with Gasteiger partial charge in [0.15, 0.2) is 10.4 Å². The van der Waals surface area contributed by atoms with Crippen molar-refractivity contribution in [3.8, 4) is 0 Å². The fourth-order valence-corrected chi connectivity index (χ4v) is 2.14. The van der Waals surface area contributed by atoms with Gasteiger partial charge in [0, 0.05) is 26.0 Å². The first kappa shape index (κ1) is 12.5. The topological polar surface area (TPSA) is 42.8 Å². The molecule has 92 valence electrons. The van der Waals surface area contributed by atoms with Crippen LogP contribution in [0.2, 0.25) is 5.02 Å². The van der Waals surface area contributed by atoms with Crippen molar-refractivity contribution < 1.29 is 4.74 Å². The number of aromatic nitrogens is 3. The van der Waals surface area contributed by atoms with Gasteiger partial charge in [0.05, 0.1) is 10.5 Å². The molecule has 0 bridgehead atoms. The van der Waals surface area contributed by atoms with Crippen molar-refractivity contribution in [3.05, 3.63) is 22.1 Å². The van der Waals surface area contributed by atoms with Crippen LogP contribution in [0.5, 0.6) is 0 Å². The van der Waals surface area contributed by atoms with Crippen LogP contribution >= 0.6 is 23.8 Å². The third-order valence-corrected chi connectivity index (χ3v) is 2.98. The monoisotopic (exact) mass is 271 g/mol. The number of rotatable bonds is 5. The summed E-state index contributed by atoms with van der Waals surface area (Å²) in [5.74, 6) is 0. The lowest BCUT2D eigenvalue weighted by Crippen LogP contribution is -2.03. The maximum atomic E-state index is 5.88. The van der Waals surface area contributed by atoms with Crippen LogP contribution in [0.25, 0.3) is 11.2 Å². The zero-order valence-corrected chi connectivity index (χ0v) is 11.1. The van der Waals surface area contributed by atoms with Crippen molar-refractivity contribution >= 4 is 35.0 Å². The van der Waals surface area contributed by atoms with Crippen LogP contribution < -0.4 is 0 Å². The van der Waals surface area contributed by atoms with Gasteiger partial charge in [-0.3, -0.25) is 0 Å². The van der Waals surface area contributed by atoms with Gasteiger partial charge in [-0.05, 0) is 31.6 Å². The van der Waals surface area contributed by atoms with Crippen LogP contribution in [0.15, 0.2) is 12.3 Å². The Kier molecular flexibility index (Phi) is 4.15. The summed E-state index contributed by atoms with van der Waals surface area (Å²) >= 11 is 11.1. The van der Waals surface area contributed by atoms with E-state index in [0.717, 1.165) is 37.3 Å². The summed E-state index contributed by atoms with van der Waals surface area (Å²) in [7, 11) is 0. The van der Waals surface area contributed by atoms with Gasteiger partial charge in [-0.1, -0.05) is 11.6 Å². The Morgan fingerprint density at radius 3 is 3.18 bits per heavy atom. The van der Waals surface area contributed by atoms with Crippen LogP contribution in [-0.2, 0) is 11.3 Å². The number of aromatic amines is 1. The molecule has 0 saturated heterocycles. The molecule has 0 aliphatic rings. The van der Waals surface area contributed by atoms with Crippen LogP contribution in [0.1, 0.15) is 13.3 Å². The third-order valence-electron chi connectivity index (χ3n) is 2.45. The van der Waals surface area contributed by atoms with E-state index in [4.69, 9.17) is 28.6 Å². The van der Waals surface area contributed by atoms with E-state index in [-0.39, 0.29) is 0 Å². The number of ether oxygens (including phenoxy) is 1. The minimum Gasteiger partial charge on any atom is -0.382 e. The van der Waals surface area contributed by atoms with Crippen molar-refractivity contribution in [1.29, 1.82) is 0 Å². The number of nitrogens with zero attached hydrogens (tertiary/aromatic N) is 2. The highest BCUT2D eigenvalue weighted by molar-refractivity contribution is 7.71. The van der Waals surface area contributed by atoms with Gasteiger partial charge in [0.1, 0.15) is 0 Å². The number of hydrogen-bond donors (Lipinski definition) is 1. The molecule has 2 heterocycles. The number of pyridine rings is 1. The number of fused-ring (bicyclic) bond motifs is 1. The number of halogens is 1. The van der Waals surface area contributed by atoms with Gasteiger partial charge in [-0.2, -0.15) is 0 Å². The molecule has 0 unspecified atom stereocenters. The Hall–Kier alpha value is -0.910. The van der Waals surface area contributed by atoms with E-state index in [1.807, 2.05) is 17.6 Å². The fourth-order valence-electron chi connectivity index (χ4n) is 1.69. The van der Waals surface area contributed by atoms with Gasteiger partial charge < -0.3 is 14.3 Å². The highest BCUT2D eigenvalue weighted by atomic mass is 35.5. The molecule has 2 aromatic heterocycles. The predicted molar refractivity (Wildman–Crippen MR) is 71.0 cm³/mol. The largest absolute Gasteiger partial charge is 0.382 e. The normalized spacial score (nSPS) is 11.2. The van der Waals surface area contributed by atoms with Gasteiger partial charge in [-0.15, -0.1) is 0 Å². The average Bonchev–Trinajstić information content (AvgIpc) is 2.60. The second-order valence-electron chi connectivity index (χ2n) is 3.66. The molecule has 0 aromatic carbocycles. The molecule has 0 amide bonds. The van der Waals surface area contributed by atoms with Crippen LogP contribution in [0.4, 0.5) is 0 Å². The summed E-state index contributed by atoms with van der Waals surface area (Å²) in [4.78, 5) is 7.39. The molecule has 2 aromatic rings. The number of hydrogen-bond acceptors (Lipinski definition) is 3. The second kappa shape index (κ2) is 5.62. The van der Waals surface area contributed by atoms with E-state index in [0.29, 0.717) is 9.79 Å². The molecule has 2 rings (SSSR count). The molecule has 4 nitrogen and oxygen atoms in total. The Labute approximate surface area is 110 Å². The standard InChI is InChI=1S/C11H14ClN3OS/c1-2-16-5-3-4-15-10-9(14-11(15)17)6-8(12)7-13-10/h6-7H,2-5H2,1H3,(H,14,17). The van der Waals surface area contributed by atoms with Crippen molar-refractivity contribution in [2.75, 3.05) is 13.2 Å². The first-order valence-electron chi connectivity index (χ1n) is 5.54. The minimum absolute atomic E-state index is 0.607. The molecule has 0 spiro atoms. The molecule has 1 N–H and O–H groups in total. The molecule has 0 aliphatic carbocycles. The van der Waals surface area contributed by atoms with Gasteiger partial charge >= 0.3 is 0 Å². The quantitative estimate of drug-likeness (QED) is 0.671. The minimum atomic E-state index is 0.607. The lowest BCUT2D eigenvalue weighted by atomic mass is 10.4. The van der Waals surface area contributed by atoms with Crippen LogP contribution in [0, 0.1) is 4.77 Å². The van der Waals surface area contributed by atoms with Crippen molar-refractivity contribution in [3.63, 3.8) is 0 Å². The Morgan fingerprint density at radius 2 is 2.41 bits per heavy atom. The molecule has 6 heteroatoms. The first-order chi connectivity index (χ1) is 8.22. The Morgan fingerprint density at radius 1 is 1.59 bits per heavy atom. The summed E-state index contributed by atoms with van der Waals surface area (Å²) < 4.78 is 7.95. The number of aryl methyl sites for hydroxylation is 1. The third kappa shape index (κ3) is 2.86. The van der Waals surface area contributed by atoms with E-state index in [9.17, 15) is 0 Å². The molecule has 0 fully saturated rings. The van der Waals surface area contributed by atoms with Gasteiger partial charge in [0.2, 0.25) is 0 Å². The van der Waals surface area contributed by atoms with E-state index in [1.165, 1.54) is 0 Å². The van der Waals surface area contributed by atoms with Crippen molar-refractivity contribution in [1.82, 2.24) is 14.5 Å². The molecule has 0 saturated carbocycles. The highest BCUT2D eigenvalue weighted by Gasteiger charge is 2.05. The lowest BCUT2D eigenvalue weighted by Gasteiger charge is -2.03. The summed E-state index contributed by atoms with van der Waals surface area (Å²) in [6, 6.07) is 1.83. The molecule has 0 radical (unpaired) electrons. The first-order valence-corrected chi connectivity index (χ1v) is 6.33. The summed E-state index contributed by atoms with van der Waals surface area (Å²) in [6.45, 7) is 4.26. The zero-order valence-electron chi connectivity index (χ0n) is 9.57. The lowest BCUT2D eigenvalue weighted by molar-refractivity contribution is 0.142. The Balaban J connectivity index is 2.21. The number of H-pyrrole nitrogens is 1.